The largest absolute Gasteiger partial charge is 0.446 e. The van der Waals surface area contributed by atoms with Crippen LogP contribution in [0.5, 0.6) is 0 Å². The van der Waals surface area contributed by atoms with Crippen molar-refractivity contribution in [2.75, 3.05) is 5.32 Å². The molecule has 3 nitrogen and oxygen atoms in total. The first-order valence-electron chi connectivity index (χ1n) is 5.63. The van der Waals surface area contributed by atoms with Gasteiger partial charge in [-0.3, -0.25) is 4.79 Å². The number of carbonyl (C=O) groups excluding carboxylic acids is 1. The molecule has 2 rings (SSSR count). The number of thioether (sulfide) groups is 1. The second-order valence-corrected chi connectivity index (χ2v) is 5.76. The third-order valence-electron chi connectivity index (χ3n) is 2.35. The van der Waals surface area contributed by atoms with E-state index < -0.39 is 11.4 Å². The number of amides is 1. The van der Waals surface area contributed by atoms with E-state index in [1.807, 2.05) is 0 Å². The second-order valence-electron chi connectivity index (χ2n) is 3.87. The van der Waals surface area contributed by atoms with Gasteiger partial charge in [-0.05, 0) is 64.1 Å². The molecule has 0 atom stereocenters. The number of anilines is 1. The Morgan fingerprint density at radius 2 is 1.86 bits per heavy atom. The van der Waals surface area contributed by atoms with Gasteiger partial charge in [0.25, 0.3) is 5.91 Å². The molecule has 1 heterocycles. The van der Waals surface area contributed by atoms with Crippen molar-refractivity contribution in [1.82, 2.24) is 4.98 Å². The molecule has 0 bridgehead atoms. The minimum absolute atomic E-state index is 0.0584. The first-order chi connectivity index (χ1) is 9.85. The average Bonchev–Trinajstić information content (AvgIpc) is 2.40. The predicted molar refractivity (Wildman–Crippen MR) is 78.2 cm³/mol. The van der Waals surface area contributed by atoms with Crippen molar-refractivity contribution in [1.29, 1.82) is 0 Å². The summed E-state index contributed by atoms with van der Waals surface area (Å²) in [6.07, 6.45) is 1.53. The van der Waals surface area contributed by atoms with E-state index in [0.717, 1.165) is 0 Å². The molecule has 0 aliphatic carbocycles. The summed E-state index contributed by atoms with van der Waals surface area (Å²) < 4.78 is 37.0. The van der Waals surface area contributed by atoms with Gasteiger partial charge >= 0.3 is 5.51 Å². The lowest BCUT2D eigenvalue weighted by Crippen LogP contribution is -2.12. The number of alkyl halides is 3. The predicted octanol–water partition coefficient (Wildman–Crippen LogP) is 4.71. The van der Waals surface area contributed by atoms with Gasteiger partial charge in [-0.2, -0.15) is 13.2 Å². The van der Waals surface area contributed by atoms with Gasteiger partial charge in [-0.15, -0.1) is 0 Å². The van der Waals surface area contributed by atoms with Crippen LogP contribution in [0.4, 0.5) is 18.9 Å². The van der Waals surface area contributed by atoms with E-state index in [2.05, 4.69) is 26.2 Å². The molecule has 21 heavy (non-hydrogen) atoms. The lowest BCUT2D eigenvalue weighted by atomic mass is 10.2. The average molecular weight is 377 g/mol. The number of aromatic nitrogens is 1. The molecule has 0 spiro atoms. The maximum Gasteiger partial charge on any atom is 0.446 e. The van der Waals surface area contributed by atoms with Gasteiger partial charge in [0.1, 0.15) is 4.60 Å². The molecule has 0 unspecified atom stereocenters. The maximum absolute atomic E-state index is 12.2. The molecule has 1 aromatic carbocycles. The van der Waals surface area contributed by atoms with Crippen LogP contribution in [-0.4, -0.2) is 16.4 Å². The zero-order valence-electron chi connectivity index (χ0n) is 10.3. The molecule has 8 heteroatoms. The van der Waals surface area contributed by atoms with Crippen LogP contribution in [0.1, 0.15) is 10.4 Å². The van der Waals surface area contributed by atoms with Crippen LogP contribution in [0.2, 0.25) is 0 Å². The Morgan fingerprint density at radius 3 is 2.43 bits per heavy atom. The summed E-state index contributed by atoms with van der Waals surface area (Å²) in [5.41, 5.74) is -3.58. The minimum atomic E-state index is -4.33. The van der Waals surface area contributed by atoms with Gasteiger partial charge in [0, 0.05) is 16.8 Å². The maximum atomic E-state index is 12.2. The van der Waals surface area contributed by atoms with Crippen LogP contribution >= 0.6 is 27.7 Å². The van der Waals surface area contributed by atoms with Crippen molar-refractivity contribution in [3.05, 3.63) is 52.8 Å². The first-order valence-corrected chi connectivity index (χ1v) is 7.24. The van der Waals surface area contributed by atoms with E-state index in [1.54, 1.807) is 12.1 Å². The van der Waals surface area contributed by atoms with E-state index >= 15 is 0 Å². The highest BCUT2D eigenvalue weighted by Crippen LogP contribution is 2.37. The molecule has 110 valence electrons. The fourth-order valence-corrected chi connectivity index (χ4v) is 2.46. The fourth-order valence-electron chi connectivity index (χ4n) is 1.49. The van der Waals surface area contributed by atoms with Crippen LogP contribution in [0.15, 0.2) is 52.1 Å². The molecule has 0 aliphatic rings. The lowest BCUT2D eigenvalue weighted by Gasteiger charge is -2.08. The molecule has 0 saturated heterocycles. The quantitative estimate of drug-likeness (QED) is 0.623. The smallest absolute Gasteiger partial charge is 0.322 e. The number of pyridine rings is 1. The molecule has 0 saturated carbocycles. The monoisotopic (exact) mass is 376 g/mol. The number of halogens is 4. The number of rotatable bonds is 3. The fraction of sp³-hybridized carbons (Fsp3) is 0.0769. The number of benzene rings is 1. The van der Waals surface area contributed by atoms with Crippen molar-refractivity contribution in [2.45, 2.75) is 10.4 Å². The van der Waals surface area contributed by atoms with Gasteiger partial charge in [-0.1, -0.05) is 0 Å². The summed E-state index contributed by atoms with van der Waals surface area (Å²) in [5, 5.41) is 2.59. The van der Waals surface area contributed by atoms with Gasteiger partial charge in [0.05, 0.1) is 5.56 Å². The summed E-state index contributed by atoms with van der Waals surface area (Å²) >= 11 is 2.95. The Labute approximate surface area is 131 Å². The molecule has 2 aromatic rings. The van der Waals surface area contributed by atoms with Gasteiger partial charge < -0.3 is 5.32 Å². The Morgan fingerprint density at radius 1 is 1.19 bits per heavy atom. The van der Waals surface area contributed by atoms with E-state index in [1.165, 1.54) is 30.5 Å². The van der Waals surface area contributed by atoms with E-state index in [9.17, 15) is 18.0 Å². The summed E-state index contributed by atoms with van der Waals surface area (Å²) in [6.45, 7) is 0. The highest BCUT2D eigenvalue weighted by Gasteiger charge is 2.29. The minimum Gasteiger partial charge on any atom is -0.322 e. The zero-order valence-corrected chi connectivity index (χ0v) is 12.7. The molecule has 0 fully saturated rings. The lowest BCUT2D eigenvalue weighted by molar-refractivity contribution is -0.0328. The summed E-state index contributed by atoms with van der Waals surface area (Å²) in [7, 11) is 0. The molecule has 0 aliphatic heterocycles. The van der Waals surface area contributed by atoms with Crippen molar-refractivity contribution >= 4 is 39.3 Å². The second kappa shape index (κ2) is 6.48. The molecule has 1 amide bonds. The van der Waals surface area contributed by atoms with E-state index in [0.29, 0.717) is 15.9 Å². The SMILES string of the molecule is O=C(Nc1ccc(SC(F)(F)F)cc1)c1cccnc1Br. The number of hydrogen-bond donors (Lipinski definition) is 1. The number of nitrogens with one attached hydrogen (secondary N) is 1. The third-order valence-corrected chi connectivity index (χ3v) is 3.72. The molecule has 1 aromatic heterocycles. The van der Waals surface area contributed by atoms with E-state index in [4.69, 9.17) is 0 Å². The van der Waals surface area contributed by atoms with Crippen LogP contribution in [0, 0.1) is 0 Å². The summed E-state index contributed by atoms with van der Waals surface area (Å²) in [6, 6.07) is 8.62. The highest BCUT2D eigenvalue weighted by molar-refractivity contribution is 9.10. The molecular weight excluding hydrogens is 369 g/mol. The summed E-state index contributed by atoms with van der Waals surface area (Å²) in [5.74, 6) is -0.397. The standard InChI is InChI=1S/C13H8BrF3N2OS/c14-11-10(2-1-7-18-11)12(20)19-8-3-5-9(6-4-8)21-13(15,16)17/h1-7H,(H,19,20). The number of hydrogen-bond acceptors (Lipinski definition) is 3. The molecule has 0 radical (unpaired) electrons. The van der Waals surface area contributed by atoms with Crippen LogP contribution < -0.4 is 5.32 Å². The Balaban J connectivity index is 2.07. The Hall–Kier alpha value is -1.54. The Kier molecular flexibility index (Phi) is 4.89. The van der Waals surface area contributed by atoms with Crippen LogP contribution in [-0.2, 0) is 0 Å². The molecule has 1 N–H and O–H groups in total. The third kappa shape index (κ3) is 4.75. The van der Waals surface area contributed by atoms with Crippen molar-refractivity contribution in [2.24, 2.45) is 0 Å². The van der Waals surface area contributed by atoms with Crippen LogP contribution in [0.25, 0.3) is 0 Å². The van der Waals surface area contributed by atoms with E-state index in [-0.39, 0.29) is 16.7 Å². The van der Waals surface area contributed by atoms with Gasteiger partial charge in [-0.25, -0.2) is 4.98 Å². The normalized spacial score (nSPS) is 11.2. The summed E-state index contributed by atoms with van der Waals surface area (Å²) in [4.78, 5) is 16.0. The van der Waals surface area contributed by atoms with Gasteiger partial charge in [0.15, 0.2) is 0 Å². The van der Waals surface area contributed by atoms with Crippen LogP contribution in [0.3, 0.4) is 0 Å². The van der Waals surface area contributed by atoms with Crippen molar-refractivity contribution < 1.29 is 18.0 Å². The highest BCUT2D eigenvalue weighted by atomic mass is 79.9. The zero-order chi connectivity index (χ0) is 15.5. The Bertz CT molecular complexity index is 647. The van der Waals surface area contributed by atoms with Crippen molar-refractivity contribution in [3.8, 4) is 0 Å². The molecular formula is C13H8BrF3N2OS. The first kappa shape index (κ1) is 15.8. The number of nitrogens with zero attached hydrogens (tertiary/aromatic N) is 1. The topological polar surface area (TPSA) is 42.0 Å². The number of carbonyl (C=O) groups is 1. The van der Waals surface area contributed by atoms with Crippen molar-refractivity contribution in [3.63, 3.8) is 0 Å². The van der Waals surface area contributed by atoms with Gasteiger partial charge in [0.2, 0.25) is 0 Å².